The summed E-state index contributed by atoms with van der Waals surface area (Å²) in [6.07, 6.45) is 1.40. The highest BCUT2D eigenvalue weighted by Crippen LogP contribution is 2.29. The highest BCUT2D eigenvalue weighted by atomic mass is 16.6. The molecule has 2 nitrogen and oxygen atoms in total. The number of carbonyl (C=O) groups is 1. The summed E-state index contributed by atoms with van der Waals surface area (Å²) in [5.74, 6) is -0.655. The van der Waals surface area contributed by atoms with Gasteiger partial charge in [-0.2, -0.15) is 0 Å². The number of carbonyl (C=O) groups excluding carboxylic acids is 1. The summed E-state index contributed by atoms with van der Waals surface area (Å²) < 4.78 is 5.76. The van der Waals surface area contributed by atoms with Gasteiger partial charge >= 0.3 is 5.97 Å². The number of benzene rings is 2. The third-order valence-electron chi connectivity index (χ3n) is 4.11. The van der Waals surface area contributed by atoms with Crippen LogP contribution in [0.2, 0.25) is 0 Å². The molecule has 2 aromatic carbocycles. The predicted octanol–water partition coefficient (Wildman–Crippen LogP) is 4.75. The van der Waals surface area contributed by atoms with E-state index in [9.17, 15) is 4.79 Å². The van der Waals surface area contributed by atoms with Crippen LogP contribution < -0.4 is 0 Å². The van der Waals surface area contributed by atoms with E-state index in [-0.39, 0.29) is 5.97 Å². The molecule has 0 aliphatic carbocycles. The zero-order valence-corrected chi connectivity index (χ0v) is 13.3. The van der Waals surface area contributed by atoms with Gasteiger partial charge in [-0.25, -0.2) is 0 Å². The number of rotatable bonds is 6. The van der Waals surface area contributed by atoms with Crippen LogP contribution in [0.1, 0.15) is 43.7 Å². The van der Waals surface area contributed by atoms with Gasteiger partial charge in [0.15, 0.2) is 0 Å². The van der Waals surface area contributed by atoms with E-state index in [4.69, 9.17) is 4.74 Å². The molecule has 0 saturated carbocycles. The van der Waals surface area contributed by atoms with E-state index in [1.54, 1.807) is 0 Å². The van der Waals surface area contributed by atoms with Crippen LogP contribution in [0.5, 0.6) is 0 Å². The van der Waals surface area contributed by atoms with Crippen molar-refractivity contribution in [1.29, 1.82) is 0 Å². The molecule has 2 aromatic rings. The molecule has 0 aromatic heterocycles. The van der Waals surface area contributed by atoms with Gasteiger partial charge in [0.05, 0.1) is 0 Å². The molecule has 0 amide bonds. The Morgan fingerprint density at radius 2 is 1.36 bits per heavy atom. The minimum atomic E-state index is -0.654. The summed E-state index contributed by atoms with van der Waals surface area (Å²) >= 11 is 0. The first-order valence-electron chi connectivity index (χ1n) is 7.77. The van der Waals surface area contributed by atoms with E-state index in [1.807, 2.05) is 74.5 Å². The summed E-state index contributed by atoms with van der Waals surface area (Å²) in [6, 6.07) is 19.5. The summed E-state index contributed by atoms with van der Waals surface area (Å²) in [4.78, 5) is 12.8. The first-order valence-corrected chi connectivity index (χ1v) is 7.77. The molecule has 0 fully saturated rings. The van der Waals surface area contributed by atoms with Crippen molar-refractivity contribution in [3.8, 4) is 0 Å². The lowest BCUT2D eigenvalue weighted by Gasteiger charge is -2.29. The highest BCUT2D eigenvalue weighted by molar-refractivity contribution is 5.82. The van der Waals surface area contributed by atoms with E-state index in [2.05, 4.69) is 6.92 Å². The van der Waals surface area contributed by atoms with E-state index in [1.165, 1.54) is 0 Å². The van der Waals surface area contributed by atoms with Gasteiger partial charge in [-0.05, 0) is 30.9 Å². The molecule has 0 aliphatic rings. The van der Waals surface area contributed by atoms with Gasteiger partial charge in [-0.3, -0.25) is 4.79 Å². The van der Waals surface area contributed by atoms with Crippen molar-refractivity contribution < 1.29 is 9.53 Å². The molecular weight excluding hydrogens is 272 g/mol. The Hall–Kier alpha value is -2.09. The summed E-state index contributed by atoms with van der Waals surface area (Å²) in [5.41, 5.74) is 1.22. The third kappa shape index (κ3) is 3.76. The monoisotopic (exact) mass is 295 g/mol. The standard InChI is InChI=1S/C20H23O2/c1-4-20(3,5-2)22-19(21)18(16-12-8-6-9-13-16)17-14-10-7-11-15-17/h6-15,18H,3-5H2,1-2H3. The first kappa shape index (κ1) is 16.3. The van der Waals surface area contributed by atoms with E-state index < -0.39 is 11.5 Å². The zero-order valence-electron chi connectivity index (χ0n) is 13.3. The molecule has 0 aliphatic heterocycles. The van der Waals surface area contributed by atoms with E-state index in [0.29, 0.717) is 12.8 Å². The normalized spacial score (nSPS) is 11.5. The first-order chi connectivity index (χ1) is 10.6. The predicted molar refractivity (Wildman–Crippen MR) is 89.5 cm³/mol. The molecule has 0 saturated heterocycles. The Labute approximate surface area is 133 Å². The minimum Gasteiger partial charge on any atom is -0.458 e. The molecule has 1 radical (unpaired) electrons. The molecule has 0 heterocycles. The van der Waals surface area contributed by atoms with Gasteiger partial charge in [0.25, 0.3) is 0 Å². The Bertz CT molecular complexity index is 546. The van der Waals surface area contributed by atoms with Crippen LogP contribution in [-0.2, 0) is 9.53 Å². The SMILES string of the molecule is [CH2]C(CC)(CC)OC(=O)C(c1ccccc1)c1ccccc1. The Morgan fingerprint density at radius 3 is 1.73 bits per heavy atom. The van der Waals surface area contributed by atoms with Gasteiger partial charge in [0, 0.05) is 0 Å². The molecule has 0 spiro atoms. The van der Waals surface area contributed by atoms with Crippen molar-refractivity contribution in [3.05, 3.63) is 78.7 Å². The lowest BCUT2D eigenvalue weighted by atomic mass is 9.90. The van der Waals surface area contributed by atoms with Crippen molar-refractivity contribution in [2.45, 2.75) is 38.2 Å². The van der Waals surface area contributed by atoms with Crippen LogP contribution in [0.25, 0.3) is 0 Å². The maximum absolute atomic E-state index is 12.8. The molecule has 115 valence electrons. The van der Waals surface area contributed by atoms with Gasteiger partial charge in [-0.15, -0.1) is 0 Å². The van der Waals surface area contributed by atoms with Crippen LogP contribution >= 0.6 is 0 Å². The van der Waals surface area contributed by atoms with Crippen molar-refractivity contribution in [1.82, 2.24) is 0 Å². The van der Waals surface area contributed by atoms with Gasteiger partial charge in [0.1, 0.15) is 11.5 Å². The van der Waals surface area contributed by atoms with Crippen molar-refractivity contribution in [2.24, 2.45) is 0 Å². The number of hydrogen-bond donors (Lipinski definition) is 0. The molecule has 22 heavy (non-hydrogen) atoms. The van der Waals surface area contributed by atoms with Gasteiger partial charge in [0.2, 0.25) is 0 Å². The highest BCUT2D eigenvalue weighted by Gasteiger charge is 2.31. The Kier molecular flexibility index (Phi) is 5.37. The second kappa shape index (κ2) is 7.26. The summed E-state index contributed by atoms with van der Waals surface area (Å²) in [5, 5.41) is 0. The fourth-order valence-electron chi connectivity index (χ4n) is 2.42. The maximum atomic E-state index is 12.8. The fraction of sp³-hybridized carbons (Fsp3) is 0.300. The van der Waals surface area contributed by atoms with Crippen molar-refractivity contribution in [3.63, 3.8) is 0 Å². The Morgan fingerprint density at radius 1 is 0.955 bits per heavy atom. The molecule has 0 bridgehead atoms. The summed E-state index contributed by atoms with van der Waals surface area (Å²) in [7, 11) is 0. The van der Waals surface area contributed by atoms with Crippen LogP contribution in [0.15, 0.2) is 60.7 Å². The van der Waals surface area contributed by atoms with Crippen LogP contribution in [-0.4, -0.2) is 11.6 Å². The van der Waals surface area contributed by atoms with Crippen LogP contribution in [0, 0.1) is 6.92 Å². The second-order valence-corrected chi connectivity index (χ2v) is 5.57. The van der Waals surface area contributed by atoms with Crippen LogP contribution in [0.3, 0.4) is 0 Å². The molecule has 2 heteroatoms. The largest absolute Gasteiger partial charge is 0.458 e. The summed E-state index contributed by atoms with van der Waals surface area (Å²) in [6.45, 7) is 8.05. The number of hydrogen-bond acceptors (Lipinski definition) is 2. The van der Waals surface area contributed by atoms with E-state index >= 15 is 0 Å². The third-order valence-corrected chi connectivity index (χ3v) is 4.11. The maximum Gasteiger partial charge on any atom is 0.318 e. The van der Waals surface area contributed by atoms with Gasteiger partial charge in [-0.1, -0.05) is 74.5 Å². The molecule has 2 rings (SSSR count). The molecular formula is C20H23O2. The lowest BCUT2D eigenvalue weighted by molar-refractivity contribution is -0.156. The average Bonchev–Trinajstić information content (AvgIpc) is 2.57. The van der Waals surface area contributed by atoms with Crippen molar-refractivity contribution >= 4 is 5.97 Å². The Balaban J connectivity index is 2.35. The lowest BCUT2D eigenvalue weighted by Crippen LogP contribution is -2.33. The zero-order chi connectivity index (χ0) is 16.0. The average molecular weight is 295 g/mol. The van der Waals surface area contributed by atoms with Gasteiger partial charge < -0.3 is 4.74 Å². The number of esters is 1. The topological polar surface area (TPSA) is 26.3 Å². The van der Waals surface area contributed by atoms with Crippen molar-refractivity contribution in [2.75, 3.05) is 0 Å². The quantitative estimate of drug-likeness (QED) is 0.719. The van der Waals surface area contributed by atoms with E-state index in [0.717, 1.165) is 11.1 Å². The molecule has 0 atom stereocenters. The second-order valence-electron chi connectivity index (χ2n) is 5.57. The number of ether oxygens (including phenoxy) is 1. The molecule has 0 N–H and O–H groups in total. The van der Waals surface area contributed by atoms with Crippen LogP contribution in [0.4, 0.5) is 0 Å². The minimum absolute atomic E-state index is 0.240. The fourth-order valence-corrected chi connectivity index (χ4v) is 2.42. The molecule has 0 unspecified atom stereocenters. The smallest absolute Gasteiger partial charge is 0.318 e.